The number of nitrogens with one attached hydrogen (secondary N) is 1. The summed E-state index contributed by atoms with van der Waals surface area (Å²) in [5, 5.41) is 12.3. The molecule has 0 saturated heterocycles. The molecule has 2 aliphatic rings. The van der Waals surface area contributed by atoms with Crippen LogP contribution in [0, 0.1) is 17.8 Å². The van der Waals surface area contributed by atoms with Crippen molar-refractivity contribution in [3.8, 4) is 0 Å². The molecule has 0 radical (unpaired) electrons. The number of amides is 1. The Morgan fingerprint density at radius 1 is 1.10 bits per heavy atom. The average molecular weight is 281 g/mol. The van der Waals surface area contributed by atoms with Crippen LogP contribution in [0.25, 0.3) is 0 Å². The summed E-state index contributed by atoms with van der Waals surface area (Å²) in [5.41, 5.74) is -0.0836. The summed E-state index contributed by atoms with van der Waals surface area (Å²) in [6.07, 6.45) is 7.31. The molecule has 0 bridgehead atoms. The van der Waals surface area contributed by atoms with E-state index in [1.807, 2.05) is 0 Å². The van der Waals surface area contributed by atoms with E-state index in [-0.39, 0.29) is 23.3 Å². The Balaban J connectivity index is 1.89. The van der Waals surface area contributed by atoms with Gasteiger partial charge in [0.2, 0.25) is 5.91 Å². The molecule has 2 fully saturated rings. The van der Waals surface area contributed by atoms with Gasteiger partial charge in [-0.15, -0.1) is 0 Å². The van der Waals surface area contributed by atoms with E-state index in [2.05, 4.69) is 19.2 Å². The molecule has 2 N–H and O–H groups in total. The Kier molecular flexibility index (Phi) is 4.71. The number of carbonyl (C=O) groups is 2. The van der Waals surface area contributed by atoms with Crippen LogP contribution in [0.2, 0.25) is 0 Å². The molecular weight excluding hydrogens is 254 g/mol. The van der Waals surface area contributed by atoms with Crippen LogP contribution in [0.1, 0.15) is 65.2 Å². The smallest absolute Gasteiger partial charge is 0.306 e. The molecule has 0 heterocycles. The van der Waals surface area contributed by atoms with Crippen molar-refractivity contribution >= 4 is 11.9 Å². The van der Waals surface area contributed by atoms with Crippen molar-refractivity contribution < 1.29 is 14.7 Å². The molecule has 114 valence electrons. The second kappa shape index (κ2) is 6.15. The summed E-state index contributed by atoms with van der Waals surface area (Å²) in [5.74, 6) is -0.362. The molecule has 0 aromatic rings. The first-order valence-electron chi connectivity index (χ1n) is 7.94. The highest BCUT2D eigenvalue weighted by atomic mass is 16.4. The zero-order valence-electron chi connectivity index (χ0n) is 12.7. The normalized spacial score (nSPS) is 38.2. The highest BCUT2D eigenvalue weighted by molar-refractivity contribution is 5.80. The summed E-state index contributed by atoms with van der Waals surface area (Å²) < 4.78 is 0. The summed E-state index contributed by atoms with van der Waals surface area (Å²) >= 11 is 0. The van der Waals surface area contributed by atoms with Crippen LogP contribution >= 0.6 is 0 Å². The Labute approximate surface area is 121 Å². The third kappa shape index (κ3) is 3.74. The molecule has 0 aromatic heterocycles. The van der Waals surface area contributed by atoms with Gasteiger partial charge in [-0.05, 0) is 57.8 Å². The zero-order chi connectivity index (χ0) is 14.8. The molecule has 2 aliphatic carbocycles. The number of aliphatic carboxylic acids is 1. The van der Waals surface area contributed by atoms with Crippen molar-refractivity contribution in [2.75, 3.05) is 0 Å². The van der Waals surface area contributed by atoms with E-state index >= 15 is 0 Å². The molecule has 0 aliphatic heterocycles. The van der Waals surface area contributed by atoms with Crippen LogP contribution in [-0.2, 0) is 9.59 Å². The number of carboxylic acid groups (broad SMARTS) is 1. The van der Waals surface area contributed by atoms with Crippen LogP contribution < -0.4 is 5.32 Å². The van der Waals surface area contributed by atoms with Gasteiger partial charge in [0.05, 0.1) is 5.92 Å². The van der Waals surface area contributed by atoms with Crippen LogP contribution in [0.4, 0.5) is 0 Å². The maximum atomic E-state index is 12.4. The molecule has 0 spiro atoms. The minimum Gasteiger partial charge on any atom is -0.481 e. The standard InChI is InChI=1S/C16H27NO3/c1-11-6-8-16(2,9-7-11)17-14(18)12-4-3-5-13(10-12)15(19)20/h11-13H,3-10H2,1-2H3,(H,17,18)(H,19,20). The maximum absolute atomic E-state index is 12.4. The molecule has 2 saturated carbocycles. The topological polar surface area (TPSA) is 66.4 Å². The van der Waals surface area contributed by atoms with Gasteiger partial charge >= 0.3 is 5.97 Å². The molecule has 2 atom stereocenters. The minimum absolute atomic E-state index is 0.0769. The highest BCUT2D eigenvalue weighted by Crippen LogP contribution is 2.34. The lowest BCUT2D eigenvalue weighted by Crippen LogP contribution is -2.50. The van der Waals surface area contributed by atoms with Crippen LogP contribution in [0.3, 0.4) is 0 Å². The van der Waals surface area contributed by atoms with Crippen molar-refractivity contribution in [2.24, 2.45) is 17.8 Å². The lowest BCUT2D eigenvalue weighted by Gasteiger charge is -2.38. The van der Waals surface area contributed by atoms with Crippen molar-refractivity contribution in [3.63, 3.8) is 0 Å². The van der Waals surface area contributed by atoms with E-state index in [0.717, 1.165) is 31.6 Å². The first-order valence-corrected chi connectivity index (χ1v) is 7.94. The molecular formula is C16H27NO3. The fourth-order valence-corrected chi connectivity index (χ4v) is 3.58. The van der Waals surface area contributed by atoms with Gasteiger partial charge < -0.3 is 10.4 Å². The summed E-state index contributed by atoms with van der Waals surface area (Å²) in [4.78, 5) is 23.5. The number of hydrogen-bond donors (Lipinski definition) is 2. The fourth-order valence-electron chi connectivity index (χ4n) is 3.58. The van der Waals surface area contributed by atoms with Crippen molar-refractivity contribution in [1.29, 1.82) is 0 Å². The third-order valence-corrected chi connectivity index (χ3v) is 5.20. The van der Waals surface area contributed by atoms with Gasteiger partial charge in [-0.3, -0.25) is 9.59 Å². The first-order chi connectivity index (χ1) is 9.39. The second-order valence-corrected chi connectivity index (χ2v) is 7.13. The van der Waals surface area contributed by atoms with Crippen molar-refractivity contribution in [3.05, 3.63) is 0 Å². The van der Waals surface area contributed by atoms with Gasteiger partial charge in [0, 0.05) is 11.5 Å². The van der Waals surface area contributed by atoms with Gasteiger partial charge in [-0.25, -0.2) is 0 Å². The number of hydrogen-bond acceptors (Lipinski definition) is 2. The monoisotopic (exact) mass is 281 g/mol. The Morgan fingerprint density at radius 3 is 2.30 bits per heavy atom. The van der Waals surface area contributed by atoms with Gasteiger partial charge in [-0.1, -0.05) is 13.3 Å². The van der Waals surface area contributed by atoms with E-state index in [0.29, 0.717) is 12.8 Å². The van der Waals surface area contributed by atoms with Gasteiger partial charge in [0.1, 0.15) is 0 Å². The van der Waals surface area contributed by atoms with Crippen molar-refractivity contribution in [1.82, 2.24) is 5.32 Å². The van der Waals surface area contributed by atoms with E-state index in [1.165, 1.54) is 12.8 Å². The SMILES string of the molecule is CC1CCC(C)(NC(=O)C2CCCC(C(=O)O)C2)CC1. The number of carboxylic acids is 1. The lowest BCUT2D eigenvalue weighted by atomic mass is 9.77. The first kappa shape index (κ1) is 15.3. The van der Waals surface area contributed by atoms with E-state index in [9.17, 15) is 9.59 Å². The van der Waals surface area contributed by atoms with E-state index in [1.54, 1.807) is 0 Å². The fraction of sp³-hybridized carbons (Fsp3) is 0.875. The van der Waals surface area contributed by atoms with Gasteiger partial charge in [-0.2, -0.15) is 0 Å². The largest absolute Gasteiger partial charge is 0.481 e. The molecule has 2 unspecified atom stereocenters. The molecule has 4 heteroatoms. The van der Waals surface area contributed by atoms with Crippen LogP contribution in [0.15, 0.2) is 0 Å². The maximum Gasteiger partial charge on any atom is 0.306 e. The van der Waals surface area contributed by atoms with Gasteiger partial charge in [0.15, 0.2) is 0 Å². The predicted octanol–water partition coefficient (Wildman–Crippen LogP) is 2.96. The molecule has 4 nitrogen and oxygen atoms in total. The molecule has 1 amide bonds. The third-order valence-electron chi connectivity index (χ3n) is 5.20. The number of carbonyl (C=O) groups excluding carboxylic acids is 1. The quantitative estimate of drug-likeness (QED) is 0.835. The van der Waals surface area contributed by atoms with Crippen LogP contribution in [0.5, 0.6) is 0 Å². The summed E-state index contributed by atoms with van der Waals surface area (Å²) in [6.45, 7) is 4.40. The van der Waals surface area contributed by atoms with Crippen molar-refractivity contribution in [2.45, 2.75) is 70.8 Å². The minimum atomic E-state index is -0.750. The highest BCUT2D eigenvalue weighted by Gasteiger charge is 2.36. The Morgan fingerprint density at radius 2 is 1.70 bits per heavy atom. The summed E-state index contributed by atoms with van der Waals surface area (Å²) in [7, 11) is 0. The zero-order valence-corrected chi connectivity index (χ0v) is 12.7. The molecule has 0 aromatic carbocycles. The Bertz CT molecular complexity index is 372. The molecule has 2 rings (SSSR count). The number of rotatable bonds is 3. The van der Waals surface area contributed by atoms with Crippen LogP contribution in [-0.4, -0.2) is 22.5 Å². The lowest BCUT2D eigenvalue weighted by molar-refractivity contribution is -0.144. The summed E-state index contributed by atoms with van der Waals surface area (Å²) in [6, 6.07) is 0. The van der Waals surface area contributed by atoms with E-state index < -0.39 is 5.97 Å². The Hall–Kier alpha value is -1.06. The van der Waals surface area contributed by atoms with E-state index in [4.69, 9.17) is 5.11 Å². The predicted molar refractivity (Wildman–Crippen MR) is 77.3 cm³/mol. The van der Waals surface area contributed by atoms with Gasteiger partial charge in [0.25, 0.3) is 0 Å². The molecule has 20 heavy (non-hydrogen) atoms. The average Bonchev–Trinajstić information content (AvgIpc) is 2.42. The second-order valence-electron chi connectivity index (χ2n) is 7.13.